The van der Waals surface area contributed by atoms with Gasteiger partial charge in [0, 0.05) is 11.9 Å². The van der Waals surface area contributed by atoms with Crippen LogP contribution >= 0.6 is 11.6 Å². The van der Waals surface area contributed by atoms with Crippen LogP contribution in [0, 0.1) is 11.3 Å². The van der Waals surface area contributed by atoms with E-state index in [0.29, 0.717) is 0 Å². The number of halogens is 1. The number of rotatable bonds is 3. The lowest BCUT2D eigenvalue weighted by molar-refractivity contribution is 0.923. The molecule has 0 radical (unpaired) electrons. The minimum absolute atomic E-state index is 0.789. The molecular formula is C17H18ClN. The van der Waals surface area contributed by atoms with Gasteiger partial charge in [0.15, 0.2) is 0 Å². The number of hydrogen-bond acceptors (Lipinski definition) is 1. The van der Waals surface area contributed by atoms with E-state index in [9.17, 15) is 0 Å². The molecule has 0 unspecified atom stereocenters. The molecule has 0 aromatic heterocycles. The van der Waals surface area contributed by atoms with Gasteiger partial charge in [-0.3, -0.25) is 0 Å². The number of nitriles is 1. The Hall–Kier alpha value is -1.78. The zero-order valence-electron chi connectivity index (χ0n) is 11.4. The normalized spacial score (nSPS) is 9.16. The van der Waals surface area contributed by atoms with E-state index in [2.05, 4.69) is 43.3 Å². The molecule has 0 bridgehead atoms. The highest BCUT2D eigenvalue weighted by Crippen LogP contribution is 2.25. The van der Waals surface area contributed by atoms with Gasteiger partial charge in [-0.05, 0) is 35.2 Å². The molecule has 0 saturated carbocycles. The fourth-order valence-corrected chi connectivity index (χ4v) is 2.04. The van der Waals surface area contributed by atoms with Crippen molar-refractivity contribution in [2.75, 3.05) is 0 Å². The van der Waals surface area contributed by atoms with Crippen molar-refractivity contribution in [3.05, 3.63) is 59.1 Å². The molecule has 2 aromatic carbocycles. The third-order valence-corrected chi connectivity index (χ3v) is 2.94. The lowest BCUT2D eigenvalue weighted by atomic mass is 9.97. The quantitative estimate of drug-likeness (QED) is 0.724. The molecule has 19 heavy (non-hydrogen) atoms. The van der Waals surface area contributed by atoms with Gasteiger partial charge in [-0.25, -0.2) is 0 Å². The van der Waals surface area contributed by atoms with Gasteiger partial charge in [-0.2, -0.15) is 5.26 Å². The van der Waals surface area contributed by atoms with Crippen molar-refractivity contribution in [3.63, 3.8) is 0 Å². The molecular weight excluding hydrogens is 254 g/mol. The van der Waals surface area contributed by atoms with Gasteiger partial charge in [-0.1, -0.05) is 61.3 Å². The molecule has 98 valence electrons. The van der Waals surface area contributed by atoms with E-state index in [0.717, 1.165) is 11.4 Å². The Balaban J connectivity index is 0.000000550. The second-order valence-electron chi connectivity index (χ2n) is 4.14. The summed E-state index contributed by atoms with van der Waals surface area (Å²) in [7, 11) is 0. The molecule has 0 heterocycles. The molecule has 0 aliphatic carbocycles. The zero-order valence-corrected chi connectivity index (χ0v) is 12.1. The third kappa shape index (κ3) is 4.77. The van der Waals surface area contributed by atoms with Gasteiger partial charge in [-0.15, -0.1) is 0 Å². The highest BCUT2D eigenvalue weighted by molar-refractivity contribution is 6.30. The predicted octanol–water partition coefficient (Wildman–Crippen LogP) is 5.49. The van der Waals surface area contributed by atoms with E-state index in [1.165, 1.54) is 30.0 Å². The standard InChI is InChI=1S/C15H15Cl.C2H3N/c1-2-5-12-6-3-4-7-15(12)13-8-10-14(16)11-9-13;1-2-3/h3-4,6-11H,2,5H2,1H3;1H3. The summed E-state index contributed by atoms with van der Waals surface area (Å²) in [5.41, 5.74) is 3.97. The van der Waals surface area contributed by atoms with Crippen LogP contribution in [-0.2, 0) is 6.42 Å². The van der Waals surface area contributed by atoms with Crippen LogP contribution in [0.2, 0.25) is 5.02 Å². The first-order chi connectivity index (χ1) is 9.22. The van der Waals surface area contributed by atoms with Gasteiger partial charge in [0.05, 0.1) is 6.07 Å². The molecule has 2 aromatic rings. The Morgan fingerprint density at radius 1 is 1.05 bits per heavy atom. The summed E-state index contributed by atoms with van der Waals surface area (Å²) in [4.78, 5) is 0. The Labute approximate surface area is 120 Å². The van der Waals surface area contributed by atoms with E-state index in [1.54, 1.807) is 6.07 Å². The SMILES string of the molecule is CC#N.CCCc1ccccc1-c1ccc(Cl)cc1. The summed E-state index contributed by atoms with van der Waals surface area (Å²) in [5, 5.41) is 8.11. The molecule has 0 fully saturated rings. The molecule has 0 saturated heterocycles. The van der Waals surface area contributed by atoms with Crippen LogP contribution in [0.25, 0.3) is 11.1 Å². The number of hydrogen-bond donors (Lipinski definition) is 0. The average molecular weight is 272 g/mol. The van der Waals surface area contributed by atoms with Crippen molar-refractivity contribution in [2.45, 2.75) is 26.7 Å². The Morgan fingerprint density at radius 2 is 1.63 bits per heavy atom. The van der Waals surface area contributed by atoms with E-state index >= 15 is 0 Å². The number of aryl methyl sites for hydroxylation is 1. The van der Waals surface area contributed by atoms with Crippen molar-refractivity contribution >= 4 is 11.6 Å². The molecule has 2 rings (SSSR count). The number of nitrogens with zero attached hydrogens (tertiary/aromatic N) is 1. The van der Waals surface area contributed by atoms with E-state index in [1.807, 2.05) is 12.1 Å². The minimum atomic E-state index is 0.789. The molecule has 1 nitrogen and oxygen atoms in total. The van der Waals surface area contributed by atoms with Crippen LogP contribution in [0.5, 0.6) is 0 Å². The largest absolute Gasteiger partial charge is 0.199 e. The molecule has 0 aliphatic heterocycles. The molecule has 0 spiro atoms. The second kappa shape index (κ2) is 8.34. The van der Waals surface area contributed by atoms with Crippen LogP contribution in [0.1, 0.15) is 25.8 Å². The van der Waals surface area contributed by atoms with Gasteiger partial charge in [0.25, 0.3) is 0 Å². The maximum atomic E-state index is 7.32. The van der Waals surface area contributed by atoms with Crippen LogP contribution in [-0.4, -0.2) is 0 Å². The van der Waals surface area contributed by atoms with Crippen LogP contribution in [0.3, 0.4) is 0 Å². The monoisotopic (exact) mass is 271 g/mol. The molecule has 0 amide bonds. The van der Waals surface area contributed by atoms with Crippen molar-refractivity contribution in [1.29, 1.82) is 5.26 Å². The summed E-state index contributed by atoms with van der Waals surface area (Å²) >= 11 is 5.90. The van der Waals surface area contributed by atoms with Crippen LogP contribution in [0.4, 0.5) is 0 Å². The van der Waals surface area contributed by atoms with Crippen LogP contribution in [0.15, 0.2) is 48.5 Å². The van der Waals surface area contributed by atoms with Crippen molar-refractivity contribution < 1.29 is 0 Å². The summed E-state index contributed by atoms with van der Waals surface area (Å²) in [6.07, 6.45) is 2.30. The minimum Gasteiger partial charge on any atom is -0.199 e. The fraction of sp³-hybridized carbons (Fsp3) is 0.235. The molecule has 2 heteroatoms. The summed E-state index contributed by atoms with van der Waals surface area (Å²) in [5.74, 6) is 0. The van der Waals surface area contributed by atoms with Crippen molar-refractivity contribution in [1.82, 2.24) is 0 Å². The topological polar surface area (TPSA) is 23.8 Å². The summed E-state index contributed by atoms with van der Waals surface area (Å²) in [6, 6.07) is 18.4. The van der Waals surface area contributed by atoms with Crippen LogP contribution < -0.4 is 0 Å². The Bertz CT molecular complexity index is 538. The first kappa shape index (κ1) is 15.3. The zero-order chi connectivity index (χ0) is 14.1. The van der Waals surface area contributed by atoms with Crippen molar-refractivity contribution in [3.8, 4) is 17.2 Å². The Morgan fingerprint density at radius 3 is 2.21 bits per heavy atom. The first-order valence-electron chi connectivity index (χ1n) is 6.37. The fourth-order valence-electron chi connectivity index (χ4n) is 1.92. The highest BCUT2D eigenvalue weighted by Gasteiger charge is 2.03. The predicted molar refractivity (Wildman–Crippen MR) is 82.2 cm³/mol. The van der Waals surface area contributed by atoms with Gasteiger partial charge >= 0.3 is 0 Å². The maximum absolute atomic E-state index is 7.32. The third-order valence-electron chi connectivity index (χ3n) is 2.69. The van der Waals surface area contributed by atoms with Gasteiger partial charge < -0.3 is 0 Å². The Kier molecular flexibility index (Phi) is 6.71. The van der Waals surface area contributed by atoms with Crippen molar-refractivity contribution in [2.24, 2.45) is 0 Å². The second-order valence-corrected chi connectivity index (χ2v) is 4.57. The lowest BCUT2D eigenvalue weighted by Gasteiger charge is -2.08. The first-order valence-corrected chi connectivity index (χ1v) is 6.75. The highest BCUT2D eigenvalue weighted by atomic mass is 35.5. The van der Waals surface area contributed by atoms with E-state index < -0.39 is 0 Å². The van der Waals surface area contributed by atoms with E-state index in [-0.39, 0.29) is 0 Å². The summed E-state index contributed by atoms with van der Waals surface area (Å²) in [6.45, 7) is 3.64. The maximum Gasteiger partial charge on any atom is 0.0587 e. The molecule has 0 aliphatic rings. The number of benzene rings is 2. The molecule has 0 atom stereocenters. The lowest BCUT2D eigenvalue weighted by Crippen LogP contribution is -1.88. The average Bonchev–Trinajstić information content (AvgIpc) is 2.42. The van der Waals surface area contributed by atoms with Gasteiger partial charge in [0.2, 0.25) is 0 Å². The summed E-state index contributed by atoms with van der Waals surface area (Å²) < 4.78 is 0. The smallest absolute Gasteiger partial charge is 0.0587 e. The van der Waals surface area contributed by atoms with E-state index in [4.69, 9.17) is 16.9 Å². The molecule has 0 N–H and O–H groups in total. The van der Waals surface area contributed by atoms with Gasteiger partial charge in [0.1, 0.15) is 0 Å².